The molecule has 0 aliphatic heterocycles. The maximum Gasteiger partial charge on any atom is 0.292 e. The highest BCUT2D eigenvalue weighted by Gasteiger charge is 2.18. The first-order valence-electron chi connectivity index (χ1n) is 6.62. The molecule has 2 heterocycles. The van der Waals surface area contributed by atoms with Crippen molar-refractivity contribution in [3.8, 4) is 11.3 Å². The van der Waals surface area contributed by atoms with Crippen molar-refractivity contribution < 1.29 is 13.7 Å². The van der Waals surface area contributed by atoms with Crippen molar-refractivity contribution >= 4 is 17.2 Å². The first kappa shape index (κ1) is 14.5. The number of carbonyl (C=O) groups is 1. The molecule has 22 heavy (non-hydrogen) atoms. The molecule has 1 aromatic carbocycles. The minimum absolute atomic E-state index is 0.136. The Hall–Kier alpha value is -2.47. The minimum Gasteiger partial charge on any atom is -0.350 e. The van der Waals surface area contributed by atoms with Crippen LogP contribution in [0.15, 0.2) is 51.7 Å². The summed E-state index contributed by atoms with van der Waals surface area (Å²) in [5, 5.41) is 7.79. The van der Waals surface area contributed by atoms with Crippen LogP contribution < -0.4 is 0 Å². The summed E-state index contributed by atoms with van der Waals surface area (Å²) in [6, 6.07) is 9.49. The van der Waals surface area contributed by atoms with Crippen LogP contribution in [0.1, 0.15) is 16.1 Å². The fourth-order valence-electron chi connectivity index (χ4n) is 2.08. The summed E-state index contributed by atoms with van der Waals surface area (Å²) < 4.78 is 18.3. The third-order valence-corrected chi connectivity index (χ3v) is 3.92. The largest absolute Gasteiger partial charge is 0.350 e. The van der Waals surface area contributed by atoms with Gasteiger partial charge in [-0.3, -0.25) is 4.79 Å². The summed E-state index contributed by atoms with van der Waals surface area (Å²) in [4.78, 5) is 13.9. The number of benzene rings is 1. The van der Waals surface area contributed by atoms with Gasteiger partial charge < -0.3 is 9.42 Å². The molecule has 6 heteroatoms. The molecular weight excluding hydrogens is 303 g/mol. The average Bonchev–Trinajstić information content (AvgIpc) is 3.17. The molecule has 3 rings (SSSR count). The third-order valence-electron chi connectivity index (χ3n) is 3.19. The van der Waals surface area contributed by atoms with E-state index in [1.165, 1.54) is 18.2 Å². The molecule has 3 aromatic rings. The molecule has 0 saturated heterocycles. The van der Waals surface area contributed by atoms with Crippen LogP contribution in [0, 0.1) is 5.82 Å². The van der Waals surface area contributed by atoms with Gasteiger partial charge in [0.1, 0.15) is 11.5 Å². The number of rotatable bonds is 4. The molecule has 0 saturated carbocycles. The Morgan fingerprint density at radius 3 is 2.95 bits per heavy atom. The summed E-state index contributed by atoms with van der Waals surface area (Å²) in [6.45, 7) is 0.498. The fraction of sp³-hybridized carbons (Fsp3) is 0.125. The summed E-state index contributed by atoms with van der Waals surface area (Å²) >= 11 is 1.58. The highest BCUT2D eigenvalue weighted by Crippen LogP contribution is 2.21. The van der Waals surface area contributed by atoms with E-state index in [1.807, 2.05) is 16.8 Å². The molecule has 0 unspecified atom stereocenters. The monoisotopic (exact) mass is 316 g/mol. The standard InChI is InChI=1S/C16H13FN2O2S/c1-19(9-11-5-6-22-10-11)16(20)15-8-14(18-21-15)12-3-2-4-13(17)7-12/h2-8,10H,9H2,1H3. The second-order valence-electron chi connectivity index (χ2n) is 4.88. The third kappa shape index (κ3) is 3.07. The summed E-state index contributed by atoms with van der Waals surface area (Å²) in [5.74, 6) is -0.485. The number of thiophene rings is 1. The van der Waals surface area contributed by atoms with Crippen molar-refractivity contribution in [2.45, 2.75) is 6.54 Å². The van der Waals surface area contributed by atoms with Gasteiger partial charge >= 0.3 is 0 Å². The van der Waals surface area contributed by atoms with Crippen molar-refractivity contribution in [2.75, 3.05) is 7.05 Å². The summed E-state index contributed by atoms with van der Waals surface area (Å²) in [5.41, 5.74) is 2.07. The van der Waals surface area contributed by atoms with Crippen LogP contribution >= 0.6 is 11.3 Å². The predicted molar refractivity (Wildman–Crippen MR) is 82.0 cm³/mol. The molecule has 0 radical (unpaired) electrons. The molecule has 1 amide bonds. The fourth-order valence-corrected chi connectivity index (χ4v) is 2.74. The van der Waals surface area contributed by atoms with E-state index in [0.29, 0.717) is 17.8 Å². The average molecular weight is 316 g/mol. The van der Waals surface area contributed by atoms with Gasteiger partial charge in [-0.1, -0.05) is 17.3 Å². The van der Waals surface area contributed by atoms with E-state index in [-0.39, 0.29) is 17.5 Å². The SMILES string of the molecule is CN(Cc1ccsc1)C(=O)c1cc(-c2cccc(F)c2)no1. The van der Waals surface area contributed by atoms with Gasteiger partial charge in [0.15, 0.2) is 0 Å². The normalized spacial score (nSPS) is 10.6. The van der Waals surface area contributed by atoms with Gasteiger partial charge in [-0.2, -0.15) is 11.3 Å². The second-order valence-corrected chi connectivity index (χ2v) is 5.66. The van der Waals surface area contributed by atoms with Gasteiger partial charge in [0, 0.05) is 25.2 Å². The molecule has 0 atom stereocenters. The second kappa shape index (κ2) is 6.11. The Bertz CT molecular complexity index is 783. The molecule has 2 aromatic heterocycles. The topological polar surface area (TPSA) is 46.3 Å². The number of hydrogen-bond donors (Lipinski definition) is 0. The summed E-state index contributed by atoms with van der Waals surface area (Å²) in [7, 11) is 1.70. The van der Waals surface area contributed by atoms with Gasteiger partial charge in [0.25, 0.3) is 5.91 Å². The van der Waals surface area contributed by atoms with E-state index in [2.05, 4.69) is 5.16 Å². The number of aromatic nitrogens is 1. The zero-order valence-corrected chi connectivity index (χ0v) is 12.6. The predicted octanol–water partition coefficient (Wildman–Crippen LogP) is 3.81. The lowest BCUT2D eigenvalue weighted by molar-refractivity contribution is 0.0744. The number of halogens is 1. The van der Waals surface area contributed by atoms with E-state index in [1.54, 1.807) is 35.4 Å². The lowest BCUT2D eigenvalue weighted by Crippen LogP contribution is -2.25. The molecule has 0 N–H and O–H groups in total. The lowest BCUT2D eigenvalue weighted by atomic mass is 10.1. The van der Waals surface area contributed by atoms with Crippen LogP contribution in [0.4, 0.5) is 4.39 Å². The zero-order chi connectivity index (χ0) is 15.5. The van der Waals surface area contributed by atoms with Crippen molar-refractivity contribution in [1.29, 1.82) is 0 Å². The summed E-state index contributed by atoms with van der Waals surface area (Å²) in [6.07, 6.45) is 0. The number of carbonyl (C=O) groups excluding carboxylic acids is 1. The van der Waals surface area contributed by atoms with Crippen LogP contribution in [-0.4, -0.2) is 23.0 Å². The lowest BCUT2D eigenvalue weighted by Gasteiger charge is -2.13. The number of nitrogens with zero attached hydrogens (tertiary/aromatic N) is 2. The van der Waals surface area contributed by atoms with Crippen LogP contribution in [0.2, 0.25) is 0 Å². The first-order valence-corrected chi connectivity index (χ1v) is 7.57. The molecule has 112 valence electrons. The maximum absolute atomic E-state index is 13.2. The molecule has 0 fully saturated rings. The van der Waals surface area contributed by atoms with E-state index in [0.717, 1.165) is 5.56 Å². The van der Waals surface area contributed by atoms with Crippen molar-refractivity contribution in [3.63, 3.8) is 0 Å². The maximum atomic E-state index is 13.2. The van der Waals surface area contributed by atoms with Gasteiger partial charge in [-0.25, -0.2) is 4.39 Å². The van der Waals surface area contributed by atoms with E-state index >= 15 is 0 Å². The molecule has 4 nitrogen and oxygen atoms in total. The van der Waals surface area contributed by atoms with Crippen LogP contribution in [-0.2, 0) is 6.54 Å². The number of amides is 1. The highest BCUT2D eigenvalue weighted by atomic mass is 32.1. The van der Waals surface area contributed by atoms with Crippen LogP contribution in [0.5, 0.6) is 0 Å². The molecule has 0 bridgehead atoms. The Balaban J connectivity index is 1.76. The Labute approximate surface area is 130 Å². The van der Waals surface area contributed by atoms with E-state index < -0.39 is 0 Å². The first-order chi connectivity index (χ1) is 10.6. The smallest absolute Gasteiger partial charge is 0.292 e. The molecule has 0 aliphatic rings. The van der Waals surface area contributed by atoms with E-state index in [4.69, 9.17) is 4.52 Å². The van der Waals surface area contributed by atoms with Gasteiger partial charge in [-0.05, 0) is 34.5 Å². The number of hydrogen-bond acceptors (Lipinski definition) is 4. The quantitative estimate of drug-likeness (QED) is 0.735. The highest BCUT2D eigenvalue weighted by molar-refractivity contribution is 7.07. The minimum atomic E-state index is -0.358. The Morgan fingerprint density at radius 2 is 2.23 bits per heavy atom. The van der Waals surface area contributed by atoms with Gasteiger partial charge in [-0.15, -0.1) is 0 Å². The molecule has 0 aliphatic carbocycles. The van der Waals surface area contributed by atoms with Gasteiger partial charge in [0.05, 0.1) is 0 Å². The van der Waals surface area contributed by atoms with Crippen molar-refractivity contribution in [2.24, 2.45) is 0 Å². The van der Waals surface area contributed by atoms with Crippen molar-refractivity contribution in [3.05, 3.63) is 64.3 Å². The van der Waals surface area contributed by atoms with Crippen LogP contribution in [0.25, 0.3) is 11.3 Å². The zero-order valence-electron chi connectivity index (χ0n) is 11.8. The molecular formula is C16H13FN2O2S. The Morgan fingerprint density at radius 1 is 1.36 bits per heavy atom. The molecule has 0 spiro atoms. The van der Waals surface area contributed by atoms with Gasteiger partial charge in [0.2, 0.25) is 5.76 Å². The van der Waals surface area contributed by atoms with E-state index in [9.17, 15) is 9.18 Å². The van der Waals surface area contributed by atoms with Crippen molar-refractivity contribution in [1.82, 2.24) is 10.1 Å². The van der Waals surface area contributed by atoms with Crippen LogP contribution in [0.3, 0.4) is 0 Å². The Kier molecular flexibility index (Phi) is 4.02.